The second-order valence-corrected chi connectivity index (χ2v) is 12.4. The largest absolute Gasteiger partial charge is 0.422 e. The summed E-state index contributed by atoms with van der Waals surface area (Å²) in [4.78, 5) is 5.41. The molecule has 2 aromatic rings. The zero-order valence-electron chi connectivity index (χ0n) is 23.7. The third-order valence-corrected chi connectivity index (χ3v) is 7.28. The van der Waals surface area contributed by atoms with Gasteiger partial charge in [0, 0.05) is 5.61 Å². The van der Waals surface area contributed by atoms with Crippen LogP contribution in [0.2, 0.25) is 0 Å². The highest BCUT2D eigenvalue weighted by Gasteiger charge is 2.57. The van der Waals surface area contributed by atoms with E-state index in [-0.39, 0.29) is 12.1 Å². The average Bonchev–Trinajstić information content (AvgIpc) is 2.82. The first-order chi connectivity index (χ1) is 15.4. The summed E-state index contributed by atoms with van der Waals surface area (Å²) in [5.74, 6) is 0. The Morgan fingerprint density at radius 1 is 0.735 bits per heavy atom. The van der Waals surface area contributed by atoms with Crippen molar-refractivity contribution in [3.63, 3.8) is 0 Å². The van der Waals surface area contributed by atoms with Gasteiger partial charge in [-0.1, -0.05) is 52.0 Å². The van der Waals surface area contributed by atoms with E-state index >= 15 is 0 Å². The zero-order valence-corrected chi connectivity index (χ0v) is 23.7. The topological polar surface area (TPSA) is 30.8 Å². The lowest BCUT2D eigenvalue weighted by Crippen LogP contribution is -2.57. The number of nitrogens with zero attached hydrogens (tertiary/aromatic N) is 1. The van der Waals surface area contributed by atoms with Crippen molar-refractivity contribution in [3.8, 4) is 0 Å². The number of benzene rings is 2. The lowest BCUT2D eigenvalue weighted by Gasteiger charge is -2.32. The first kappa shape index (κ1) is 26.8. The predicted octanol–water partition coefficient (Wildman–Crippen LogP) is 6.24. The summed E-state index contributed by atoms with van der Waals surface area (Å²) in [7, 11) is -0.439. The minimum Gasteiger partial charge on any atom is -0.409 e. The number of hydrogen-bond donors (Lipinski definition) is 0. The molecule has 1 aliphatic heterocycles. The second-order valence-electron chi connectivity index (χ2n) is 12.4. The Hall–Kier alpha value is -1.84. The summed E-state index contributed by atoms with van der Waals surface area (Å²) in [5.41, 5.74) is 9.93. The van der Waals surface area contributed by atoms with Crippen LogP contribution in [0.3, 0.4) is 0 Å². The molecule has 1 aliphatic rings. The Labute approximate surface area is 209 Å². The van der Waals surface area contributed by atoms with Gasteiger partial charge in [-0.25, -0.2) is 0 Å². The summed E-state index contributed by atoms with van der Waals surface area (Å²) in [6.45, 7) is 28.0. The quantitative estimate of drug-likeness (QED) is 0.401. The molecule has 182 valence electrons. The first-order valence-electron chi connectivity index (χ1n) is 12.5. The minimum atomic E-state index is -0.439. The van der Waals surface area contributed by atoms with E-state index in [2.05, 4.69) is 114 Å². The molecule has 0 N–H and O–H groups in total. The van der Waals surface area contributed by atoms with Crippen molar-refractivity contribution in [2.24, 2.45) is 4.99 Å². The maximum absolute atomic E-state index is 6.74. The van der Waals surface area contributed by atoms with Crippen LogP contribution in [0.5, 0.6) is 0 Å². The van der Waals surface area contributed by atoms with Crippen LogP contribution < -0.4 is 5.46 Å². The Kier molecular flexibility index (Phi) is 7.07. The van der Waals surface area contributed by atoms with Gasteiger partial charge >= 0.3 is 7.01 Å². The Bertz CT molecular complexity index is 1060. The Morgan fingerprint density at radius 3 is 1.50 bits per heavy atom. The van der Waals surface area contributed by atoms with Crippen molar-refractivity contribution in [3.05, 3.63) is 63.2 Å². The van der Waals surface area contributed by atoms with Crippen molar-refractivity contribution in [1.82, 2.24) is 0 Å². The van der Waals surface area contributed by atoms with Gasteiger partial charge in [-0.05, 0) is 107 Å². The summed E-state index contributed by atoms with van der Waals surface area (Å²) in [5, 5.41) is 0. The maximum Gasteiger partial charge on any atom is 0.422 e. The summed E-state index contributed by atoms with van der Waals surface area (Å²) < 4.78 is 13.5. The molecule has 1 saturated heterocycles. The second kappa shape index (κ2) is 8.99. The first-order valence-corrected chi connectivity index (χ1v) is 12.5. The molecule has 0 saturated carbocycles. The van der Waals surface area contributed by atoms with E-state index in [0.29, 0.717) is 0 Å². The van der Waals surface area contributed by atoms with E-state index in [1.54, 1.807) is 0 Å². The standard InChI is InChI=1S/C29H43B2NO2/c1-18-14-20(3)24(21(4)15-18)26(32-27(7,8)9)30(25-22(5)16-19(2)17-23(25)6)31-33-28(10,11)29(12,13)34-31/h14-17H,1-13H3. The molecule has 0 bridgehead atoms. The van der Waals surface area contributed by atoms with Crippen molar-refractivity contribution >= 4 is 24.7 Å². The monoisotopic (exact) mass is 459 g/mol. The molecule has 3 nitrogen and oxygen atoms in total. The SMILES string of the molecule is Cc1cc(C)c(B(B2OC(C)(C)C(C)(C)O2)C(=NC(C)(C)C)c2c(C)cc(C)cc2C)c(C)c1. The van der Waals surface area contributed by atoms with Crippen molar-refractivity contribution in [2.75, 3.05) is 0 Å². The molecule has 0 unspecified atom stereocenters. The van der Waals surface area contributed by atoms with E-state index < -0.39 is 18.2 Å². The van der Waals surface area contributed by atoms with Gasteiger partial charge in [-0.3, -0.25) is 4.99 Å². The molecular weight excluding hydrogens is 416 g/mol. The Morgan fingerprint density at radius 2 is 1.12 bits per heavy atom. The molecule has 1 heterocycles. The third kappa shape index (κ3) is 5.21. The normalized spacial score (nSPS) is 17.9. The van der Waals surface area contributed by atoms with Crippen LogP contribution in [-0.2, 0) is 9.31 Å². The summed E-state index contributed by atoms with van der Waals surface area (Å²) >= 11 is 0. The molecule has 34 heavy (non-hydrogen) atoms. The molecule has 0 atom stereocenters. The number of aliphatic imine (C=N–C) groups is 1. The van der Waals surface area contributed by atoms with Crippen LogP contribution in [0.4, 0.5) is 0 Å². The predicted molar refractivity (Wildman–Crippen MR) is 149 cm³/mol. The molecule has 2 aromatic carbocycles. The lowest BCUT2D eigenvalue weighted by molar-refractivity contribution is 0.00578. The minimum absolute atomic E-state index is 0.152. The Balaban J connectivity index is 2.39. The molecule has 5 heteroatoms. The highest BCUT2D eigenvalue weighted by Crippen LogP contribution is 2.38. The van der Waals surface area contributed by atoms with Crippen LogP contribution in [0.1, 0.15) is 87.4 Å². The number of rotatable bonds is 4. The average molecular weight is 459 g/mol. The van der Waals surface area contributed by atoms with Crippen molar-refractivity contribution in [1.29, 1.82) is 0 Å². The van der Waals surface area contributed by atoms with Crippen LogP contribution in [0, 0.1) is 41.5 Å². The van der Waals surface area contributed by atoms with Gasteiger partial charge in [0.2, 0.25) is 0 Å². The lowest BCUT2D eigenvalue weighted by atomic mass is 9.17. The smallest absolute Gasteiger partial charge is 0.409 e. The fourth-order valence-electron chi connectivity index (χ4n) is 5.33. The van der Waals surface area contributed by atoms with Crippen molar-refractivity contribution in [2.45, 2.75) is 107 Å². The third-order valence-electron chi connectivity index (χ3n) is 7.28. The fraction of sp³-hybridized carbons (Fsp3) is 0.552. The fourth-order valence-corrected chi connectivity index (χ4v) is 5.33. The highest BCUT2D eigenvalue weighted by molar-refractivity contribution is 7.38. The number of aryl methyl sites for hydroxylation is 6. The number of hydrogen-bond acceptors (Lipinski definition) is 3. The van der Waals surface area contributed by atoms with Gasteiger partial charge < -0.3 is 9.31 Å². The maximum atomic E-state index is 6.74. The van der Waals surface area contributed by atoms with E-state index in [1.807, 2.05) is 0 Å². The molecule has 0 radical (unpaired) electrons. The van der Waals surface area contributed by atoms with Gasteiger partial charge in [0.05, 0.1) is 16.7 Å². The van der Waals surface area contributed by atoms with Gasteiger partial charge in [0.1, 0.15) is 0 Å². The summed E-state index contributed by atoms with van der Waals surface area (Å²) in [6, 6.07) is 9.06. The van der Waals surface area contributed by atoms with Crippen LogP contribution >= 0.6 is 0 Å². The van der Waals surface area contributed by atoms with E-state index in [1.165, 1.54) is 44.4 Å². The van der Waals surface area contributed by atoms with Gasteiger partial charge in [-0.2, -0.15) is 0 Å². The van der Waals surface area contributed by atoms with Crippen molar-refractivity contribution < 1.29 is 9.31 Å². The molecule has 3 rings (SSSR count). The van der Waals surface area contributed by atoms with Crippen LogP contribution in [-0.4, -0.2) is 36.0 Å². The highest BCUT2D eigenvalue weighted by atomic mass is 16.7. The van der Waals surface area contributed by atoms with Gasteiger partial charge in [-0.15, -0.1) is 0 Å². The molecule has 0 spiro atoms. The molecule has 1 fully saturated rings. The van der Waals surface area contributed by atoms with E-state index in [4.69, 9.17) is 14.3 Å². The molecule has 0 aliphatic carbocycles. The molecule has 0 aromatic heterocycles. The van der Waals surface area contributed by atoms with E-state index in [0.717, 1.165) is 5.61 Å². The van der Waals surface area contributed by atoms with Crippen LogP contribution in [0.25, 0.3) is 0 Å². The molecule has 0 amide bonds. The van der Waals surface area contributed by atoms with E-state index in [9.17, 15) is 0 Å². The zero-order chi connectivity index (χ0) is 25.8. The molecular formula is C29H43B2NO2. The summed E-state index contributed by atoms with van der Waals surface area (Å²) in [6.07, 6.45) is 0. The van der Waals surface area contributed by atoms with Gasteiger partial charge in [0.25, 0.3) is 6.60 Å². The van der Waals surface area contributed by atoms with Crippen LogP contribution in [0.15, 0.2) is 29.3 Å². The van der Waals surface area contributed by atoms with Gasteiger partial charge in [0.15, 0.2) is 0 Å².